The van der Waals surface area contributed by atoms with Crippen molar-refractivity contribution in [3.05, 3.63) is 66.2 Å². The average Bonchev–Trinajstić information content (AvgIpc) is 3.27. The van der Waals surface area contributed by atoms with E-state index in [9.17, 15) is 18.0 Å². The number of amides is 2. The number of ether oxygens (including phenoxy) is 1. The number of hydrogen-bond acceptors (Lipinski definition) is 5. The van der Waals surface area contributed by atoms with E-state index in [1.165, 1.54) is 17.0 Å². The fourth-order valence-corrected chi connectivity index (χ4v) is 5.24. The summed E-state index contributed by atoms with van der Waals surface area (Å²) in [6.45, 7) is 7.48. The van der Waals surface area contributed by atoms with Crippen molar-refractivity contribution in [3.63, 3.8) is 0 Å². The smallest absolute Gasteiger partial charge is 0.410 e. The lowest BCUT2D eigenvalue weighted by molar-refractivity contribution is -0.126. The van der Waals surface area contributed by atoms with E-state index in [0.717, 1.165) is 5.56 Å². The maximum absolute atomic E-state index is 13.3. The molecule has 1 aliphatic heterocycles. The highest BCUT2D eigenvalue weighted by Gasteiger charge is 2.38. The summed E-state index contributed by atoms with van der Waals surface area (Å²) in [4.78, 5) is 27.5. The Morgan fingerprint density at radius 3 is 2.21 bits per heavy atom. The van der Waals surface area contributed by atoms with Gasteiger partial charge in [0.05, 0.1) is 10.9 Å². The van der Waals surface area contributed by atoms with Gasteiger partial charge in [-0.2, -0.15) is 0 Å². The van der Waals surface area contributed by atoms with E-state index in [2.05, 4.69) is 10.0 Å². The minimum Gasteiger partial charge on any atom is -0.444 e. The lowest BCUT2D eigenvalue weighted by Gasteiger charge is -2.31. The summed E-state index contributed by atoms with van der Waals surface area (Å²) < 4.78 is 34.0. The van der Waals surface area contributed by atoms with Crippen LogP contribution in [0.2, 0.25) is 0 Å². The number of carbonyl (C=O) groups excluding carboxylic acids is 2. The number of benzene rings is 2. The molecule has 184 valence electrons. The third kappa shape index (κ3) is 6.57. The van der Waals surface area contributed by atoms with E-state index in [1.54, 1.807) is 45.9 Å². The Balaban J connectivity index is 1.80. The second-order valence-corrected chi connectivity index (χ2v) is 11.2. The number of hydrogen-bond donors (Lipinski definition) is 2. The minimum absolute atomic E-state index is 0.145. The predicted molar refractivity (Wildman–Crippen MR) is 130 cm³/mol. The molecule has 0 bridgehead atoms. The second-order valence-electron chi connectivity index (χ2n) is 9.45. The van der Waals surface area contributed by atoms with Crippen LogP contribution in [0.1, 0.15) is 52.1 Å². The van der Waals surface area contributed by atoms with Crippen molar-refractivity contribution >= 4 is 22.0 Å². The first-order chi connectivity index (χ1) is 16.0. The molecule has 1 heterocycles. The van der Waals surface area contributed by atoms with Gasteiger partial charge in [-0.05, 0) is 58.2 Å². The van der Waals surface area contributed by atoms with Crippen molar-refractivity contribution in [2.24, 2.45) is 0 Å². The Hall–Kier alpha value is -2.91. The number of nitrogens with one attached hydrogen (secondary N) is 2. The normalized spacial score (nSPS) is 18.2. The van der Waals surface area contributed by atoms with Gasteiger partial charge in [0.1, 0.15) is 11.6 Å². The van der Waals surface area contributed by atoms with Gasteiger partial charge >= 0.3 is 6.09 Å². The predicted octanol–water partition coefficient (Wildman–Crippen LogP) is 3.61. The molecule has 0 spiro atoms. The summed E-state index contributed by atoms with van der Waals surface area (Å²) in [7, 11) is -3.80. The van der Waals surface area contributed by atoms with E-state index in [0.29, 0.717) is 19.4 Å². The van der Waals surface area contributed by atoms with Crippen LogP contribution in [0, 0.1) is 0 Å². The van der Waals surface area contributed by atoms with E-state index in [4.69, 9.17) is 4.74 Å². The molecule has 0 saturated carbocycles. The first-order valence-corrected chi connectivity index (χ1v) is 12.9. The fourth-order valence-electron chi connectivity index (χ4n) is 3.97. The highest BCUT2D eigenvalue weighted by molar-refractivity contribution is 7.89. The Bertz CT molecular complexity index is 1080. The molecule has 1 aliphatic rings. The van der Waals surface area contributed by atoms with E-state index < -0.39 is 39.8 Å². The molecule has 1 saturated heterocycles. The van der Waals surface area contributed by atoms with Gasteiger partial charge in [-0.3, -0.25) is 9.69 Å². The fraction of sp³-hybridized carbons (Fsp3) is 0.440. The molecule has 3 rings (SSSR count). The number of sulfonamides is 1. The first kappa shape index (κ1) is 25.7. The number of likely N-dealkylation sites (tertiary alicyclic amines) is 1. The van der Waals surface area contributed by atoms with Crippen molar-refractivity contribution in [1.82, 2.24) is 14.9 Å². The maximum atomic E-state index is 13.3. The van der Waals surface area contributed by atoms with Gasteiger partial charge in [0.25, 0.3) is 0 Å². The SMILES string of the molecule is C[C@@H](NS(=O)(=O)c1ccccc1)[C@@H](NC(=O)[C@@H]1CCCN1C(=O)OC(C)(C)C)c1ccccc1. The molecular weight excluding hydrogens is 454 g/mol. The van der Waals surface area contributed by atoms with Crippen molar-refractivity contribution in [2.45, 2.75) is 69.2 Å². The Morgan fingerprint density at radius 2 is 1.62 bits per heavy atom. The molecule has 2 aromatic rings. The third-order valence-electron chi connectivity index (χ3n) is 5.53. The zero-order valence-corrected chi connectivity index (χ0v) is 20.8. The largest absolute Gasteiger partial charge is 0.444 e. The molecular formula is C25H33N3O5S. The Kier molecular flexibility index (Phi) is 7.99. The van der Waals surface area contributed by atoms with Gasteiger partial charge in [0, 0.05) is 12.6 Å². The zero-order chi connectivity index (χ0) is 24.9. The molecule has 0 aliphatic carbocycles. The van der Waals surface area contributed by atoms with Crippen LogP contribution in [-0.4, -0.2) is 49.5 Å². The van der Waals surface area contributed by atoms with Crippen LogP contribution in [0.25, 0.3) is 0 Å². The molecule has 0 unspecified atom stereocenters. The van der Waals surface area contributed by atoms with Gasteiger partial charge in [0.15, 0.2) is 0 Å². The molecule has 2 aromatic carbocycles. The zero-order valence-electron chi connectivity index (χ0n) is 20.0. The molecule has 2 amide bonds. The number of nitrogens with zero attached hydrogens (tertiary/aromatic N) is 1. The van der Waals surface area contributed by atoms with Crippen LogP contribution in [0.3, 0.4) is 0 Å². The van der Waals surface area contributed by atoms with Gasteiger partial charge in [0.2, 0.25) is 15.9 Å². The van der Waals surface area contributed by atoms with Crippen LogP contribution < -0.4 is 10.0 Å². The molecule has 0 aromatic heterocycles. The second kappa shape index (κ2) is 10.6. The van der Waals surface area contributed by atoms with Crippen molar-refractivity contribution in [2.75, 3.05) is 6.54 Å². The first-order valence-electron chi connectivity index (χ1n) is 11.4. The molecule has 1 fully saturated rings. The van der Waals surface area contributed by atoms with E-state index >= 15 is 0 Å². The highest BCUT2D eigenvalue weighted by Crippen LogP contribution is 2.24. The van der Waals surface area contributed by atoms with Gasteiger partial charge < -0.3 is 10.1 Å². The standard InChI is InChI=1S/C25H33N3O5S/c1-18(27-34(31,32)20-14-9-6-10-15-20)22(19-12-7-5-8-13-19)26-23(29)21-16-11-17-28(21)24(30)33-25(2,3)4/h5-10,12-15,18,21-22,27H,11,16-17H2,1-4H3,(H,26,29)/t18-,21+,22-/m1/s1. The van der Waals surface area contributed by atoms with Crippen LogP contribution >= 0.6 is 0 Å². The molecule has 8 nitrogen and oxygen atoms in total. The van der Waals surface area contributed by atoms with E-state index in [1.807, 2.05) is 30.3 Å². The van der Waals surface area contributed by atoms with Crippen LogP contribution in [0.5, 0.6) is 0 Å². The Morgan fingerprint density at radius 1 is 1.03 bits per heavy atom. The Labute approximate surface area is 201 Å². The molecule has 9 heteroatoms. The quantitative estimate of drug-likeness (QED) is 0.621. The third-order valence-corrected chi connectivity index (χ3v) is 7.11. The summed E-state index contributed by atoms with van der Waals surface area (Å²) in [5, 5.41) is 2.98. The van der Waals surface area contributed by atoms with Gasteiger partial charge in [-0.15, -0.1) is 0 Å². The molecule has 0 radical (unpaired) electrons. The molecule has 2 N–H and O–H groups in total. The lowest BCUT2D eigenvalue weighted by Crippen LogP contribution is -2.51. The highest BCUT2D eigenvalue weighted by atomic mass is 32.2. The summed E-state index contributed by atoms with van der Waals surface area (Å²) in [5.74, 6) is -0.344. The van der Waals surface area contributed by atoms with E-state index in [-0.39, 0.29) is 10.8 Å². The van der Waals surface area contributed by atoms with Crippen LogP contribution in [0.4, 0.5) is 4.79 Å². The van der Waals surface area contributed by atoms with Gasteiger partial charge in [-0.25, -0.2) is 17.9 Å². The summed E-state index contributed by atoms with van der Waals surface area (Å²) in [5.41, 5.74) is 0.0817. The summed E-state index contributed by atoms with van der Waals surface area (Å²) >= 11 is 0. The van der Waals surface area contributed by atoms with Crippen LogP contribution in [-0.2, 0) is 19.6 Å². The van der Waals surface area contributed by atoms with Crippen LogP contribution in [0.15, 0.2) is 65.6 Å². The van der Waals surface area contributed by atoms with Crippen molar-refractivity contribution in [3.8, 4) is 0 Å². The summed E-state index contributed by atoms with van der Waals surface area (Å²) in [6, 6.07) is 15.3. The number of carbonyl (C=O) groups is 2. The topological polar surface area (TPSA) is 105 Å². The average molecular weight is 488 g/mol. The maximum Gasteiger partial charge on any atom is 0.410 e. The molecule has 34 heavy (non-hydrogen) atoms. The van der Waals surface area contributed by atoms with Crippen molar-refractivity contribution < 1.29 is 22.7 Å². The van der Waals surface area contributed by atoms with Gasteiger partial charge in [-0.1, -0.05) is 48.5 Å². The minimum atomic E-state index is -3.80. The summed E-state index contributed by atoms with van der Waals surface area (Å²) in [6.07, 6.45) is 0.666. The lowest BCUT2D eigenvalue weighted by atomic mass is 10.0. The van der Waals surface area contributed by atoms with Crippen molar-refractivity contribution in [1.29, 1.82) is 0 Å². The molecule has 3 atom stereocenters. The monoisotopic (exact) mass is 487 g/mol. The number of rotatable bonds is 7.